The van der Waals surface area contributed by atoms with Gasteiger partial charge in [0.25, 0.3) is 0 Å². The molecule has 0 aromatic carbocycles. The van der Waals surface area contributed by atoms with Crippen molar-refractivity contribution < 1.29 is 14.3 Å². The van der Waals surface area contributed by atoms with Crippen LogP contribution < -0.4 is 5.32 Å². The van der Waals surface area contributed by atoms with Crippen LogP contribution in [0.3, 0.4) is 0 Å². The standard InChI is InChI=1S/C11H21NO3/c1-4-7-10(13)9(5-2)8-12-11(14)15-6-3/h9H,4-8H2,1-3H3,(H,12,14). The van der Waals surface area contributed by atoms with Gasteiger partial charge in [0.15, 0.2) is 0 Å². The molecule has 1 amide bonds. The Hall–Kier alpha value is -1.06. The van der Waals surface area contributed by atoms with E-state index in [1.165, 1.54) is 0 Å². The van der Waals surface area contributed by atoms with Crippen LogP contribution in [0.2, 0.25) is 0 Å². The quantitative estimate of drug-likeness (QED) is 0.707. The second-order valence-electron chi connectivity index (χ2n) is 3.42. The van der Waals surface area contributed by atoms with Crippen molar-refractivity contribution in [2.75, 3.05) is 13.2 Å². The molecule has 1 unspecified atom stereocenters. The molecule has 0 aliphatic carbocycles. The van der Waals surface area contributed by atoms with E-state index in [0.29, 0.717) is 19.6 Å². The SMILES string of the molecule is CCCC(=O)C(CC)CNC(=O)OCC. The fourth-order valence-electron chi connectivity index (χ4n) is 1.33. The van der Waals surface area contributed by atoms with Crippen LogP contribution in [-0.2, 0) is 9.53 Å². The average Bonchev–Trinajstić information content (AvgIpc) is 2.19. The van der Waals surface area contributed by atoms with E-state index in [1.54, 1.807) is 6.92 Å². The Labute approximate surface area is 91.4 Å². The number of amides is 1. The fourth-order valence-corrected chi connectivity index (χ4v) is 1.33. The number of hydrogen-bond acceptors (Lipinski definition) is 3. The first-order chi connectivity index (χ1) is 7.15. The van der Waals surface area contributed by atoms with Crippen LogP contribution in [0.1, 0.15) is 40.0 Å². The lowest BCUT2D eigenvalue weighted by molar-refractivity contribution is -0.122. The second kappa shape index (κ2) is 8.26. The van der Waals surface area contributed by atoms with Crippen LogP contribution in [0.4, 0.5) is 4.79 Å². The molecule has 0 saturated carbocycles. The number of rotatable bonds is 7. The fraction of sp³-hybridized carbons (Fsp3) is 0.818. The van der Waals surface area contributed by atoms with Gasteiger partial charge in [0, 0.05) is 18.9 Å². The summed E-state index contributed by atoms with van der Waals surface area (Å²) in [6, 6.07) is 0. The minimum Gasteiger partial charge on any atom is -0.450 e. The summed E-state index contributed by atoms with van der Waals surface area (Å²) in [5, 5.41) is 2.59. The van der Waals surface area contributed by atoms with E-state index in [-0.39, 0.29) is 11.7 Å². The summed E-state index contributed by atoms with van der Waals surface area (Å²) < 4.78 is 4.72. The molecule has 1 N–H and O–H groups in total. The topological polar surface area (TPSA) is 55.4 Å². The van der Waals surface area contributed by atoms with Crippen LogP contribution >= 0.6 is 0 Å². The van der Waals surface area contributed by atoms with E-state index in [1.807, 2.05) is 13.8 Å². The summed E-state index contributed by atoms with van der Waals surface area (Å²) >= 11 is 0. The first kappa shape index (κ1) is 13.9. The minimum atomic E-state index is -0.444. The highest BCUT2D eigenvalue weighted by Gasteiger charge is 2.16. The lowest BCUT2D eigenvalue weighted by atomic mass is 9.98. The maximum atomic E-state index is 11.6. The number of ether oxygens (including phenoxy) is 1. The van der Waals surface area contributed by atoms with Gasteiger partial charge in [-0.15, -0.1) is 0 Å². The Morgan fingerprint density at radius 1 is 1.27 bits per heavy atom. The van der Waals surface area contributed by atoms with Crippen LogP contribution in [0, 0.1) is 5.92 Å². The lowest BCUT2D eigenvalue weighted by Gasteiger charge is -2.13. The van der Waals surface area contributed by atoms with E-state index in [4.69, 9.17) is 4.74 Å². The van der Waals surface area contributed by atoms with E-state index in [2.05, 4.69) is 5.32 Å². The summed E-state index contributed by atoms with van der Waals surface area (Å²) in [6.45, 7) is 6.41. The molecule has 0 aliphatic heterocycles. The smallest absolute Gasteiger partial charge is 0.407 e. The Morgan fingerprint density at radius 2 is 1.93 bits per heavy atom. The van der Waals surface area contributed by atoms with Gasteiger partial charge in [0.05, 0.1) is 6.61 Å². The molecule has 0 saturated heterocycles. The van der Waals surface area contributed by atoms with Gasteiger partial charge in [0.1, 0.15) is 5.78 Å². The number of nitrogens with one attached hydrogen (secondary N) is 1. The van der Waals surface area contributed by atoms with Crippen molar-refractivity contribution in [3.8, 4) is 0 Å². The molecule has 0 fully saturated rings. The Bertz CT molecular complexity index is 204. The van der Waals surface area contributed by atoms with Crippen molar-refractivity contribution in [1.82, 2.24) is 5.32 Å². The van der Waals surface area contributed by atoms with Gasteiger partial charge in [-0.25, -0.2) is 4.79 Å². The molecule has 0 radical (unpaired) electrons. The van der Waals surface area contributed by atoms with E-state index in [9.17, 15) is 9.59 Å². The number of carbonyl (C=O) groups is 2. The number of hydrogen-bond donors (Lipinski definition) is 1. The first-order valence-corrected chi connectivity index (χ1v) is 5.58. The van der Waals surface area contributed by atoms with Gasteiger partial charge in [-0.2, -0.15) is 0 Å². The van der Waals surface area contributed by atoms with Crippen LogP contribution in [0.25, 0.3) is 0 Å². The van der Waals surface area contributed by atoms with Gasteiger partial charge >= 0.3 is 6.09 Å². The molecule has 0 rings (SSSR count). The molecule has 0 heterocycles. The molecule has 1 atom stereocenters. The Balaban J connectivity index is 3.89. The van der Waals surface area contributed by atoms with Crippen molar-refractivity contribution in [3.63, 3.8) is 0 Å². The third-order valence-corrected chi connectivity index (χ3v) is 2.21. The van der Waals surface area contributed by atoms with E-state index in [0.717, 1.165) is 12.8 Å². The highest BCUT2D eigenvalue weighted by atomic mass is 16.5. The van der Waals surface area contributed by atoms with Crippen molar-refractivity contribution in [2.24, 2.45) is 5.92 Å². The molecule has 4 heteroatoms. The van der Waals surface area contributed by atoms with E-state index >= 15 is 0 Å². The molecule has 0 aliphatic rings. The largest absolute Gasteiger partial charge is 0.450 e. The number of ketones is 1. The van der Waals surface area contributed by atoms with Gasteiger partial charge in [-0.3, -0.25) is 4.79 Å². The lowest BCUT2D eigenvalue weighted by Crippen LogP contribution is -2.33. The highest BCUT2D eigenvalue weighted by Crippen LogP contribution is 2.07. The molecule has 0 aromatic heterocycles. The Morgan fingerprint density at radius 3 is 2.40 bits per heavy atom. The van der Waals surface area contributed by atoms with Gasteiger partial charge in [-0.05, 0) is 19.8 Å². The van der Waals surface area contributed by atoms with Crippen LogP contribution in [0.15, 0.2) is 0 Å². The summed E-state index contributed by atoms with van der Waals surface area (Å²) in [7, 11) is 0. The molecule has 0 spiro atoms. The molecular weight excluding hydrogens is 194 g/mol. The molecule has 4 nitrogen and oxygen atoms in total. The third kappa shape index (κ3) is 6.10. The van der Waals surface area contributed by atoms with Gasteiger partial charge < -0.3 is 10.1 Å². The minimum absolute atomic E-state index is 0.0747. The van der Waals surface area contributed by atoms with Crippen molar-refractivity contribution >= 4 is 11.9 Å². The van der Waals surface area contributed by atoms with Gasteiger partial charge in [-0.1, -0.05) is 13.8 Å². The summed E-state index contributed by atoms with van der Waals surface area (Å²) in [5.74, 6) is 0.145. The molecule has 0 aromatic rings. The zero-order valence-corrected chi connectivity index (χ0v) is 9.84. The number of carbonyl (C=O) groups excluding carboxylic acids is 2. The third-order valence-electron chi connectivity index (χ3n) is 2.21. The highest BCUT2D eigenvalue weighted by molar-refractivity contribution is 5.81. The normalized spacial score (nSPS) is 11.9. The van der Waals surface area contributed by atoms with E-state index < -0.39 is 6.09 Å². The average molecular weight is 215 g/mol. The predicted octanol–water partition coefficient (Wildman–Crippen LogP) is 2.13. The maximum Gasteiger partial charge on any atom is 0.407 e. The molecule has 15 heavy (non-hydrogen) atoms. The first-order valence-electron chi connectivity index (χ1n) is 5.58. The Kier molecular flexibility index (Phi) is 7.68. The zero-order valence-electron chi connectivity index (χ0n) is 9.84. The van der Waals surface area contributed by atoms with Crippen LogP contribution in [-0.4, -0.2) is 25.0 Å². The molecule has 0 bridgehead atoms. The van der Waals surface area contributed by atoms with Crippen molar-refractivity contribution in [2.45, 2.75) is 40.0 Å². The van der Waals surface area contributed by atoms with Gasteiger partial charge in [0.2, 0.25) is 0 Å². The van der Waals surface area contributed by atoms with Crippen molar-refractivity contribution in [3.05, 3.63) is 0 Å². The number of alkyl carbamates (subject to hydrolysis) is 1. The molecule has 88 valence electrons. The monoisotopic (exact) mass is 215 g/mol. The second-order valence-corrected chi connectivity index (χ2v) is 3.42. The van der Waals surface area contributed by atoms with Crippen molar-refractivity contribution in [1.29, 1.82) is 0 Å². The molecular formula is C11H21NO3. The summed E-state index contributed by atoms with van der Waals surface area (Å²) in [4.78, 5) is 22.6. The summed E-state index contributed by atoms with van der Waals surface area (Å²) in [6.07, 6.45) is 1.75. The number of Topliss-reactive ketones (excluding diaryl/α,β-unsaturated/α-hetero) is 1. The maximum absolute atomic E-state index is 11.6. The summed E-state index contributed by atoms with van der Waals surface area (Å²) in [5.41, 5.74) is 0. The van der Waals surface area contributed by atoms with Crippen LogP contribution in [0.5, 0.6) is 0 Å². The predicted molar refractivity (Wildman–Crippen MR) is 58.7 cm³/mol. The zero-order chi connectivity index (χ0) is 11.7.